The third-order valence-corrected chi connectivity index (χ3v) is 5.99. The van der Waals surface area contributed by atoms with Crippen LogP contribution in [0.15, 0.2) is 47.4 Å². The summed E-state index contributed by atoms with van der Waals surface area (Å²) < 4.78 is 28.0. The summed E-state index contributed by atoms with van der Waals surface area (Å²) in [5, 5.41) is 3.30. The van der Waals surface area contributed by atoms with Crippen LogP contribution >= 0.6 is 11.6 Å². The molecule has 0 saturated carbocycles. The van der Waals surface area contributed by atoms with E-state index in [4.69, 9.17) is 11.6 Å². The Labute approximate surface area is 158 Å². The lowest BCUT2D eigenvalue weighted by Crippen LogP contribution is -2.34. The highest BCUT2D eigenvalue weighted by Crippen LogP contribution is 2.26. The molecule has 3 rings (SSSR count). The Bertz CT molecular complexity index is 944. The molecular formula is C18H20ClN3O3S. The van der Waals surface area contributed by atoms with Crippen molar-refractivity contribution in [2.24, 2.45) is 0 Å². The summed E-state index contributed by atoms with van der Waals surface area (Å²) >= 11 is 6.05. The maximum absolute atomic E-state index is 12.7. The van der Waals surface area contributed by atoms with Gasteiger partial charge in [0.1, 0.15) is 0 Å². The number of hydrogen-bond acceptors (Lipinski definition) is 4. The first-order valence-corrected chi connectivity index (χ1v) is 9.97. The number of likely N-dealkylation sites (N-methyl/N-ethyl adjacent to an activating group) is 1. The number of nitrogens with one attached hydrogen (secondary N) is 2. The molecule has 0 bridgehead atoms. The average molecular weight is 394 g/mol. The molecule has 0 spiro atoms. The molecular weight excluding hydrogens is 374 g/mol. The van der Waals surface area contributed by atoms with Gasteiger partial charge in [0.2, 0.25) is 15.9 Å². The van der Waals surface area contributed by atoms with Crippen molar-refractivity contribution in [3.63, 3.8) is 0 Å². The molecule has 0 aliphatic carbocycles. The van der Waals surface area contributed by atoms with Crippen molar-refractivity contribution in [3.8, 4) is 0 Å². The van der Waals surface area contributed by atoms with Crippen molar-refractivity contribution in [3.05, 3.63) is 58.6 Å². The van der Waals surface area contributed by atoms with Gasteiger partial charge in [-0.2, -0.15) is 0 Å². The predicted octanol–water partition coefficient (Wildman–Crippen LogP) is 2.42. The summed E-state index contributed by atoms with van der Waals surface area (Å²) in [6, 6.07) is 11.9. The van der Waals surface area contributed by atoms with E-state index in [2.05, 4.69) is 10.0 Å². The van der Waals surface area contributed by atoms with Crippen molar-refractivity contribution in [1.29, 1.82) is 0 Å². The summed E-state index contributed by atoms with van der Waals surface area (Å²) in [6.45, 7) is 0.198. The van der Waals surface area contributed by atoms with E-state index in [9.17, 15) is 13.2 Å². The Morgan fingerprint density at radius 3 is 2.69 bits per heavy atom. The average Bonchev–Trinajstić information content (AvgIpc) is 2.93. The van der Waals surface area contributed by atoms with Crippen LogP contribution in [0.2, 0.25) is 5.02 Å². The number of anilines is 1. The van der Waals surface area contributed by atoms with E-state index in [1.165, 1.54) is 6.07 Å². The Hall–Kier alpha value is -1.93. The van der Waals surface area contributed by atoms with Crippen LogP contribution in [0, 0.1) is 0 Å². The molecule has 0 aromatic heterocycles. The number of hydrogen-bond donors (Lipinski definition) is 2. The molecule has 2 N–H and O–H groups in total. The molecule has 0 saturated heterocycles. The molecule has 138 valence electrons. The number of carbonyl (C=O) groups excluding carboxylic acids is 1. The summed E-state index contributed by atoms with van der Waals surface area (Å²) in [7, 11) is 0.0682. The lowest BCUT2D eigenvalue weighted by atomic mass is 10.1. The second kappa shape index (κ2) is 7.36. The molecule has 0 fully saturated rings. The first-order chi connectivity index (χ1) is 12.3. The first kappa shape index (κ1) is 18.8. The van der Waals surface area contributed by atoms with Gasteiger partial charge in [-0.3, -0.25) is 4.79 Å². The van der Waals surface area contributed by atoms with Crippen LogP contribution in [0.25, 0.3) is 0 Å². The van der Waals surface area contributed by atoms with Crippen molar-refractivity contribution >= 4 is 33.2 Å². The van der Waals surface area contributed by atoms with Crippen molar-refractivity contribution in [2.45, 2.75) is 17.4 Å². The van der Waals surface area contributed by atoms with E-state index in [0.29, 0.717) is 16.3 Å². The first-order valence-electron chi connectivity index (χ1n) is 8.10. The maximum atomic E-state index is 12.7. The molecule has 1 unspecified atom stereocenters. The molecule has 2 aromatic carbocycles. The van der Waals surface area contributed by atoms with Crippen LogP contribution in [0.5, 0.6) is 0 Å². The number of fused-ring (bicyclic) bond motifs is 1. The fourth-order valence-corrected chi connectivity index (χ4v) is 4.24. The van der Waals surface area contributed by atoms with Crippen LogP contribution in [-0.4, -0.2) is 39.9 Å². The minimum Gasteiger partial charge on any atom is -0.326 e. The van der Waals surface area contributed by atoms with E-state index in [1.54, 1.807) is 18.2 Å². The monoisotopic (exact) mass is 393 g/mol. The van der Waals surface area contributed by atoms with Crippen LogP contribution in [0.1, 0.15) is 17.2 Å². The zero-order valence-corrected chi connectivity index (χ0v) is 16.1. The summed E-state index contributed by atoms with van der Waals surface area (Å²) in [6.07, 6.45) is 0.196. The number of amides is 1. The van der Waals surface area contributed by atoms with Gasteiger partial charge in [-0.25, -0.2) is 13.1 Å². The largest absolute Gasteiger partial charge is 0.326 e. The van der Waals surface area contributed by atoms with Crippen molar-refractivity contribution in [1.82, 2.24) is 9.62 Å². The molecule has 1 aliphatic heterocycles. The molecule has 1 aliphatic rings. The smallest absolute Gasteiger partial charge is 0.240 e. The molecule has 1 heterocycles. The van der Waals surface area contributed by atoms with Crippen LogP contribution in [0.3, 0.4) is 0 Å². The highest BCUT2D eigenvalue weighted by atomic mass is 35.5. The van der Waals surface area contributed by atoms with Gasteiger partial charge in [0, 0.05) is 23.3 Å². The number of halogens is 1. The molecule has 6 nitrogen and oxygen atoms in total. The molecule has 26 heavy (non-hydrogen) atoms. The third kappa shape index (κ3) is 4.07. The lowest BCUT2D eigenvalue weighted by Gasteiger charge is -2.25. The van der Waals surface area contributed by atoms with E-state index in [1.807, 2.05) is 37.2 Å². The zero-order chi connectivity index (χ0) is 18.9. The number of sulfonamides is 1. The van der Waals surface area contributed by atoms with Gasteiger partial charge in [0.25, 0.3) is 0 Å². The van der Waals surface area contributed by atoms with E-state index in [0.717, 1.165) is 5.56 Å². The number of benzene rings is 2. The molecule has 8 heteroatoms. The van der Waals surface area contributed by atoms with Gasteiger partial charge in [-0.15, -0.1) is 0 Å². The lowest BCUT2D eigenvalue weighted by molar-refractivity contribution is -0.115. The standard InChI is InChI=1S/C18H20ClN3O3S/c1-22(2)17(12-4-3-5-14(19)8-12)11-20-26(24,25)15-6-7-16-13(9-15)10-18(23)21-16/h3-9,17,20H,10-11H2,1-2H3,(H,21,23). The fourth-order valence-electron chi connectivity index (χ4n) is 2.96. The summed E-state index contributed by atoms with van der Waals surface area (Å²) in [4.78, 5) is 13.5. The van der Waals surface area contributed by atoms with Crippen LogP contribution in [0.4, 0.5) is 5.69 Å². The van der Waals surface area contributed by atoms with Gasteiger partial charge in [-0.1, -0.05) is 23.7 Å². The molecule has 0 radical (unpaired) electrons. The highest BCUT2D eigenvalue weighted by molar-refractivity contribution is 7.89. The summed E-state index contributed by atoms with van der Waals surface area (Å²) in [5.41, 5.74) is 2.28. The zero-order valence-electron chi connectivity index (χ0n) is 14.5. The van der Waals surface area contributed by atoms with Crippen LogP contribution < -0.4 is 10.0 Å². The Balaban J connectivity index is 1.79. The van der Waals surface area contributed by atoms with E-state index >= 15 is 0 Å². The SMILES string of the molecule is CN(C)C(CNS(=O)(=O)c1ccc2c(c1)CC(=O)N2)c1cccc(Cl)c1. The second-order valence-electron chi connectivity index (χ2n) is 6.43. The van der Waals surface area contributed by atoms with Gasteiger partial charge in [0.05, 0.1) is 11.3 Å². The molecule has 1 atom stereocenters. The molecule has 2 aromatic rings. The predicted molar refractivity (Wildman–Crippen MR) is 102 cm³/mol. The van der Waals surface area contributed by atoms with Gasteiger partial charge >= 0.3 is 0 Å². The highest BCUT2D eigenvalue weighted by Gasteiger charge is 2.23. The number of carbonyl (C=O) groups is 1. The topological polar surface area (TPSA) is 78.5 Å². The van der Waals surface area contributed by atoms with Crippen molar-refractivity contribution in [2.75, 3.05) is 26.0 Å². The van der Waals surface area contributed by atoms with Gasteiger partial charge in [-0.05, 0) is 55.6 Å². The number of nitrogens with zero attached hydrogens (tertiary/aromatic N) is 1. The molecule has 1 amide bonds. The minimum atomic E-state index is -3.69. The fraction of sp³-hybridized carbons (Fsp3) is 0.278. The minimum absolute atomic E-state index is 0.129. The Morgan fingerprint density at radius 1 is 1.23 bits per heavy atom. The van der Waals surface area contributed by atoms with Crippen LogP contribution in [-0.2, 0) is 21.2 Å². The maximum Gasteiger partial charge on any atom is 0.240 e. The number of rotatable bonds is 6. The van der Waals surface area contributed by atoms with Crippen molar-refractivity contribution < 1.29 is 13.2 Å². The van der Waals surface area contributed by atoms with E-state index in [-0.39, 0.29) is 29.8 Å². The summed E-state index contributed by atoms with van der Waals surface area (Å²) in [5.74, 6) is -0.129. The normalized spacial score (nSPS) is 15.0. The van der Waals surface area contributed by atoms with Gasteiger partial charge in [0.15, 0.2) is 0 Å². The Kier molecular flexibility index (Phi) is 5.34. The third-order valence-electron chi connectivity index (χ3n) is 4.34. The van der Waals surface area contributed by atoms with Gasteiger partial charge < -0.3 is 10.2 Å². The second-order valence-corrected chi connectivity index (χ2v) is 8.63. The quantitative estimate of drug-likeness (QED) is 0.790. The Morgan fingerprint density at radius 2 is 2.00 bits per heavy atom. The van der Waals surface area contributed by atoms with E-state index < -0.39 is 10.0 Å².